The summed E-state index contributed by atoms with van der Waals surface area (Å²) in [5, 5.41) is 19.6. The van der Waals surface area contributed by atoms with Crippen LogP contribution in [0.5, 0.6) is 0 Å². The van der Waals surface area contributed by atoms with Crippen LogP contribution in [0.1, 0.15) is 19.8 Å². The molecule has 0 aliphatic carbocycles. The molecule has 0 saturated heterocycles. The minimum Gasteiger partial charge on any atom is -0.481 e. The topological polar surface area (TPSA) is 130 Å². The molecule has 0 radical (unpaired) electrons. The van der Waals surface area contributed by atoms with Gasteiger partial charge in [0.15, 0.2) is 5.92 Å². The number of rotatable bonds is 7. The van der Waals surface area contributed by atoms with E-state index < -0.39 is 29.9 Å². The lowest BCUT2D eigenvalue weighted by molar-refractivity contribution is -0.154. The molecule has 0 aromatic carbocycles. The summed E-state index contributed by atoms with van der Waals surface area (Å²) in [6.45, 7) is 4.90. The molecule has 0 aliphatic rings. The van der Waals surface area contributed by atoms with Crippen LogP contribution in [0.3, 0.4) is 0 Å². The van der Waals surface area contributed by atoms with Crippen molar-refractivity contribution in [2.45, 2.75) is 25.9 Å². The molecule has 1 unspecified atom stereocenters. The third-order valence-electron chi connectivity index (χ3n) is 2.07. The van der Waals surface area contributed by atoms with Gasteiger partial charge in [-0.25, -0.2) is 0 Å². The quantitative estimate of drug-likeness (QED) is 0.272. The minimum absolute atomic E-state index is 0.0578. The second-order valence-electron chi connectivity index (χ2n) is 3.67. The second-order valence-corrected chi connectivity index (χ2v) is 3.67. The molecule has 0 aromatic heterocycles. The van der Waals surface area contributed by atoms with E-state index in [1.807, 2.05) is 0 Å². The van der Waals surface area contributed by atoms with E-state index in [1.54, 1.807) is 0 Å². The zero-order valence-electron chi connectivity index (χ0n) is 9.47. The summed E-state index contributed by atoms with van der Waals surface area (Å²) in [5.41, 5.74) is 5.77. The van der Waals surface area contributed by atoms with Gasteiger partial charge in [-0.1, -0.05) is 6.58 Å². The van der Waals surface area contributed by atoms with Gasteiger partial charge in [-0.3, -0.25) is 14.4 Å². The monoisotopic (exact) mass is 244 g/mol. The van der Waals surface area contributed by atoms with Crippen molar-refractivity contribution in [1.82, 2.24) is 5.32 Å². The summed E-state index contributed by atoms with van der Waals surface area (Å²) in [6.07, 6.45) is -0.884. The van der Waals surface area contributed by atoms with E-state index in [9.17, 15) is 14.4 Å². The molecule has 0 rings (SSSR count). The SMILES string of the molecule is C=C(C)C(=O)NC(N)CCC(C(=O)O)C(=O)O. The first-order chi connectivity index (χ1) is 7.75. The average Bonchev–Trinajstić information content (AvgIpc) is 2.16. The van der Waals surface area contributed by atoms with Gasteiger partial charge >= 0.3 is 11.9 Å². The molecule has 1 amide bonds. The second kappa shape index (κ2) is 6.64. The van der Waals surface area contributed by atoms with Gasteiger partial charge in [-0.2, -0.15) is 0 Å². The first-order valence-electron chi connectivity index (χ1n) is 4.93. The van der Waals surface area contributed by atoms with E-state index in [0.29, 0.717) is 0 Å². The maximum atomic E-state index is 11.1. The van der Waals surface area contributed by atoms with Crippen LogP contribution in [0, 0.1) is 5.92 Å². The number of carboxylic acid groups (broad SMARTS) is 2. The number of carboxylic acids is 2. The molecule has 0 aliphatic heterocycles. The number of carbonyl (C=O) groups excluding carboxylic acids is 1. The van der Waals surface area contributed by atoms with Crippen molar-refractivity contribution < 1.29 is 24.6 Å². The molecule has 0 saturated carbocycles. The molecule has 5 N–H and O–H groups in total. The zero-order chi connectivity index (χ0) is 13.6. The van der Waals surface area contributed by atoms with Crippen molar-refractivity contribution in [3.05, 3.63) is 12.2 Å². The Kier molecular flexibility index (Phi) is 5.90. The summed E-state index contributed by atoms with van der Waals surface area (Å²) in [5.74, 6) is -4.80. The van der Waals surface area contributed by atoms with Gasteiger partial charge in [-0.05, 0) is 19.8 Å². The van der Waals surface area contributed by atoms with Crippen LogP contribution in [0.4, 0.5) is 0 Å². The van der Waals surface area contributed by atoms with Crippen LogP contribution in [0.25, 0.3) is 0 Å². The predicted molar refractivity (Wildman–Crippen MR) is 58.9 cm³/mol. The molecule has 7 nitrogen and oxygen atoms in total. The number of hydrogen-bond acceptors (Lipinski definition) is 4. The zero-order valence-corrected chi connectivity index (χ0v) is 9.47. The maximum Gasteiger partial charge on any atom is 0.317 e. The van der Waals surface area contributed by atoms with E-state index in [0.717, 1.165) is 0 Å². The highest BCUT2D eigenvalue weighted by molar-refractivity contribution is 5.93. The molecule has 0 fully saturated rings. The van der Waals surface area contributed by atoms with Crippen molar-refractivity contribution in [2.75, 3.05) is 0 Å². The fourth-order valence-electron chi connectivity index (χ4n) is 1.06. The van der Waals surface area contributed by atoms with E-state index >= 15 is 0 Å². The summed E-state index contributed by atoms with van der Waals surface area (Å²) >= 11 is 0. The first kappa shape index (κ1) is 15.1. The number of amides is 1. The van der Waals surface area contributed by atoms with Crippen molar-refractivity contribution in [3.8, 4) is 0 Å². The third kappa shape index (κ3) is 5.67. The van der Waals surface area contributed by atoms with Crippen LogP contribution in [-0.4, -0.2) is 34.2 Å². The summed E-state index contributed by atoms with van der Waals surface area (Å²) in [6, 6.07) is 0. The van der Waals surface area contributed by atoms with Gasteiger partial charge in [0.05, 0.1) is 6.17 Å². The molecule has 7 heteroatoms. The number of nitrogens with one attached hydrogen (secondary N) is 1. The molecule has 17 heavy (non-hydrogen) atoms. The summed E-state index contributed by atoms with van der Waals surface area (Å²) in [7, 11) is 0. The van der Waals surface area contributed by atoms with Crippen LogP contribution in [-0.2, 0) is 14.4 Å². The van der Waals surface area contributed by atoms with E-state index in [-0.39, 0.29) is 18.4 Å². The highest BCUT2D eigenvalue weighted by Crippen LogP contribution is 2.08. The highest BCUT2D eigenvalue weighted by atomic mass is 16.4. The maximum absolute atomic E-state index is 11.1. The number of aliphatic carboxylic acids is 2. The molecule has 0 aromatic rings. The smallest absolute Gasteiger partial charge is 0.317 e. The van der Waals surface area contributed by atoms with Crippen LogP contribution in [0.2, 0.25) is 0 Å². The molecular formula is C10H16N2O5. The number of nitrogens with two attached hydrogens (primary N) is 1. The largest absolute Gasteiger partial charge is 0.481 e. The Bertz CT molecular complexity index is 326. The minimum atomic E-state index is -1.51. The molecule has 1 atom stereocenters. The lowest BCUT2D eigenvalue weighted by Gasteiger charge is -2.15. The van der Waals surface area contributed by atoms with Gasteiger partial charge in [0.1, 0.15) is 0 Å². The van der Waals surface area contributed by atoms with Gasteiger partial charge < -0.3 is 21.3 Å². The normalized spacial score (nSPS) is 11.9. The average molecular weight is 244 g/mol. The van der Waals surface area contributed by atoms with E-state index in [2.05, 4.69) is 11.9 Å². The van der Waals surface area contributed by atoms with Crippen molar-refractivity contribution in [3.63, 3.8) is 0 Å². The van der Waals surface area contributed by atoms with Gasteiger partial charge in [-0.15, -0.1) is 0 Å². The fourth-order valence-corrected chi connectivity index (χ4v) is 1.06. The molecule has 0 heterocycles. The van der Waals surface area contributed by atoms with Crippen LogP contribution >= 0.6 is 0 Å². The predicted octanol–water partition coefficient (Wildman–Crippen LogP) is -0.471. The van der Waals surface area contributed by atoms with E-state index in [1.165, 1.54) is 6.92 Å². The standard InChI is InChI=1S/C10H16N2O5/c1-5(2)8(13)12-7(11)4-3-6(9(14)15)10(16)17/h6-7H,1,3-4,11H2,2H3,(H,12,13)(H,14,15)(H,16,17). The molecular weight excluding hydrogens is 228 g/mol. The lowest BCUT2D eigenvalue weighted by Crippen LogP contribution is -2.42. The van der Waals surface area contributed by atoms with E-state index in [4.69, 9.17) is 15.9 Å². The fraction of sp³-hybridized carbons (Fsp3) is 0.500. The van der Waals surface area contributed by atoms with Crippen LogP contribution in [0.15, 0.2) is 12.2 Å². The Balaban J connectivity index is 4.18. The lowest BCUT2D eigenvalue weighted by atomic mass is 10.0. The molecule has 0 bridgehead atoms. The van der Waals surface area contributed by atoms with Crippen molar-refractivity contribution in [1.29, 1.82) is 0 Å². The van der Waals surface area contributed by atoms with Crippen molar-refractivity contribution >= 4 is 17.8 Å². The Labute approximate surface area is 98.3 Å². The Morgan fingerprint density at radius 1 is 1.24 bits per heavy atom. The van der Waals surface area contributed by atoms with Gasteiger partial charge in [0.2, 0.25) is 5.91 Å². The number of carbonyl (C=O) groups is 3. The summed E-state index contributed by atoms with van der Waals surface area (Å²) < 4.78 is 0. The Morgan fingerprint density at radius 2 is 1.71 bits per heavy atom. The van der Waals surface area contributed by atoms with Gasteiger partial charge in [0, 0.05) is 5.57 Å². The Morgan fingerprint density at radius 3 is 2.06 bits per heavy atom. The van der Waals surface area contributed by atoms with Crippen molar-refractivity contribution in [2.24, 2.45) is 11.7 Å². The Hall–Kier alpha value is -1.89. The third-order valence-corrected chi connectivity index (χ3v) is 2.07. The molecule has 96 valence electrons. The van der Waals surface area contributed by atoms with Crippen LogP contribution < -0.4 is 11.1 Å². The molecule has 0 spiro atoms. The first-order valence-corrected chi connectivity index (χ1v) is 4.93. The van der Waals surface area contributed by atoms with Gasteiger partial charge in [0.25, 0.3) is 0 Å². The number of hydrogen-bond donors (Lipinski definition) is 4. The summed E-state index contributed by atoms with van der Waals surface area (Å²) in [4.78, 5) is 32.3. The highest BCUT2D eigenvalue weighted by Gasteiger charge is 2.26.